The van der Waals surface area contributed by atoms with Crippen molar-refractivity contribution >= 4 is 5.91 Å². The molecule has 3 heteroatoms. The van der Waals surface area contributed by atoms with E-state index in [1.54, 1.807) is 0 Å². The molecule has 17 heavy (non-hydrogen) atoms. The number of hydrogen-bond acceptors (Lipinski definition) is 2. The van der Waals surface area contributed by atoms with Crippen molar-refractivity contribution in [1.82, 2.24) is 10.2 Å². The quantitative estimate of drug-likeness (QED) is 0.861. The number of nitrogens with one attached hydrogen (secondary N) is 1. The predicted molar refractivity (Wildman–Crippen MR) is 68.6 cm³/mol. The van der Waals surface area contributed by atoms with Crippen molar-refractivity contribution in [2.75, 3.05) is 13.6 Å². The van der Waals surface area contributed by atoms with Gasteiger partial charge in [-0.3, -0.25) is 4.79 Å². The zero-order valence-corrected chi connectivity index (χ0v) is 10.4. The Morgan fingerprint density at radius 3 is 2.76 bits per heavy atom. The summed E-state index contributed by atoms with van der Waals surface area (Å²) in [5.74, 6) is 0.216. The number of likely N-dealkylation sites (N-methyl/N-ethyl adjacent to an activating group) is 1. The highest BCUT2D eigenvalue weighted by atomic mass is 16.2. The largest absolute Gasteiger partial charge is 0.340 e. The summed E-state index contributed by atoms with van der Waals surface area (Å²) in [7, 11) is 1.88. The van der Waals surface area contributed by atoms with Crippen molar-refractivity contribution in [1.29, 1.82) is 0 Å². The Morgan fingerprint density at radius 1 is 1.35 bits per heavy atom. The van der Waals surface area contributed by atoms with Crippen LogP contribution in [0.15, 0.2) is 30.3 Å². The summed E-state index contributed by atoms with van der Waals surface area (Å²) < 4.78 is 0. The van der Waals surface area contributed by atoms with Gasteiger partial charge < -0.3 is 10.2 Å². The molecule has 1 atom stereocenters. The van der Waals surface area contributed by atoms with Gasteiger partial charge in [0.15, 0.2) is 0 Å². The number of nitrogens with zero attached hydrogens (tertiary/aromatic N) is 1. The van der Waals surface area contributed by atoms with E-state index in [1.807, 2.05) is 30.1 Å². The Bertz CT molecular complexity index is 358. The summed E-state index contributed by atoms with van der Waals surface area (Å²) in [5.41, 5.74) is 1.18. The predicted octanol–water partition coefficient (Wildman–Crippen LogP) is 1.79. The summed E-state index contributed by atoms with van der Waals surface area (Å²) in [4.78, 5) is 14.0. The van der Waals surface area contributed by atoms with Gasteiger partial charge >= 0.3 is 0 Å². The van der Waals surface area contributed by atoms with E-state index in [4.69, 9.17) is 0 Å². The fourth-order valence-corrected chi connectivity index (χ4v) is 2.26. The number of piperidine rings is 1. The van der Waals surface area contributed by atoms with E-state index in [2.05, 4.69) is 17.4 Å². The molecular formula is C14H20N2O. The van der Waals surface area contributed by atoms with Gasteiger partial charge in [0, 0.05) is 13.6 Å². The summed E-state index contributed by atoms with van der Waals surface area (Å²) >= 11 is 0. The van der Waals surface area contributed by atoms with Crippen molar-refractivity contribution in [3.63, 3.8) is 0 Å². The molecular weight excluding hydrogens is 212 g/mol. The maximum atomic E-state index is 12.2. The van der Waals surface area contributed by atoms with Crippen LogP contribution in [0.4, 0.5) is 0 Å². The number of rotatable bonds is 3. The highest BCUT2D eigenvalue weighted by molar-refractivity contribution is 5.81. The minimum atomic E-state index is 0.0254. The molecule has 1 heterocycles. The van der Waals surface area contributed by atoms with E-state index < -0.39 is 0 Å². The van der Waals surface area contributed by atoms with Gasteiger partial charge in [-0.05, 0) is 24.9 Å². The zero-order valence-electron chi connectivity index (χ0n) is 10.4. The third kappa shape index (κ3) is 3.30. The lowest BCUT2D eigenvalue weighted by Gasteiger charge is -2.27. The van der Waals surface area contributed by atoms with E-state index in [-0.39, 0.29) is 11.9 Å². The highest BCUT2D eigenvalue weighted by Crippen LogP contribution is 2.11. The normalized spacial score (nSPS) is 19.9. The molecule has 1 N–H and O–H groups in total. The Hall–Kier alpha value is -1.35. The highest BCUT2D eigenvalue weighted by Gasteiger charge is 2.23. The molecule has 1 aliphatic heterocycles. The second kappa shape index (κ2) is 5.82. The smallest absolute Gasteiger partial charge is 0.239 e. The topological polar surface area (TPSA) is 32.3 Å². The number of carbonyl (C=O) groups excluding carboxylic acids is 1. The van der Waals surface area contributed by atoms with Crippen LogP contribution in [-0.2, 0) is 11.3 Å². The fourth-order valence-electron chi connectivity index (χ4n) is 2.26. The fraction of sp³-hybridized carbons (Fsp3) is 0.500. The summed E-state index contributed by atoms with van der Waals surface area (Å²) in [6, 6.07) is 10.1. The van der Waals surface area contributed by atoms with Gasteiger partial charge in [0.2, 0.25) is 5.91 Å². The SMILES string of the molecule is CN(Cc1ccccc1)C(=O)C1CCCCN1. The first-order chi connectivity index (χ1) is 8.27. The van der Waals surface area contributed by atoms with Crippen LogP contribution in [0.2, 0.25) is 0 Å². The zero-order chi connectivity index (χ0) is 12.1. The Balaban J connectivity index is 1.90. The minimum absolute atomic E-state index is 0.0254. The molecule has 0 bridgehead atoms. The molecule has 0 radical (unpaired) electrons. The van der Waals surface area contributed by atoms with E-state index >= 15 is 0 Å². The van der Waals surface area contributed by atoms with Crippen LogP contribution in [0, 0.1) is 0 Å². The van der Waals surface area contributed by atoms with Crippen LogP contribution < -0.4 is 5.32 Å². The number of benzene rings is 1. The first-order valence-corrected chi connectivity index (χ1v) is 6.29. The lowest BCUT2D eigenvalue weighted by molar-refractivity contribution is -0.133. The van der Waals surface area contributed by atoms with Crippen molar-refractivity contribution < 1.29 is 4.79 Å². The number of amides is 1. The van der Waals surface area contributed by atoms with Crippen molar-refractivity contribution in [3.8, 4) is 0 Å². The van der Waals surface area contributed by atoms with Crippen LogP contribution in [0.3, 0.4) is 0 Å². The molecule has 0 saturated carbocycles. The van der Waals surface area contributed by atoms with Gasteiger partial charge in [0.25, 0.3) is 0 Å². The van der Waals surface area contributed by atoms with Crippen molar-refractivity contribution in [2.24, 2.45) is 0 Å². The second-order valence-corrected chi connectivity index (χ2v) is 4.68. The first kappa shape index (κ1) is 12.1. The van der Waals surface area contributed by atoms with Crippen LogP contribution in [-0.4, -0.2) is 30.4 Å². The lowest BCUT2D eigenvalue weighted by Crippen LogP contribution is -2.46. The maximum Gasteiger partial charge on any atom is 0.239 e. The van der Waals surface area contributed by atoms with Crippen LogP contribution in [0.5, 0.6) is 0 Å². The van der Waals surface area contributed by atoms with Crippen molar-refractivity contribution in [3.05, 3.63) is 35.9 Å². The summed E-state index contributed by atoms with van der Waals surface area (Å²) in [6.07, 6.45) is 3.31. The molecule has 1 aromatic carbocycles. The molecule has 0 spiro atoms. The van der Waals surface area contributed by atoms with E-state index in [9.17, 15) is 4.79 Å². The molecule has 0 aromatic heterocycles. The standard InChI is InChI=1S/C14H20N2O/c1-16(11-12-7-3-2-4-8-12)14(17)13-9-5-6-10-15-13/h2-4,7-8,13,15H,5-6,9-11H2,1H3. The van der Waals surface area contributed by atoms with E-state index in [1.165, 1.54) is 12.0 Å². The number of hydrogen-bond donors (Lipinski definition) is 1. The molecule has 0 aliphatic carbocycles. The van der Waals surface area contributed by atoms with Crippen LogP contribution in [0.25, 0.3) is 0 Å². The third-order valence-electron chi connectivity index (χ3n) is 3.25. The van der Waals surface area contributed by atoms with Crippen LogP contribution >= 0.6 is 0 Å². The molecule has 1 amide bonds. The average Bonchev–Trinajstić information content (AvgIpc) is 2.40. The van der Waals surface area contributed by atoms with E-state index in [0.717, 1.165) is 19.4 Å². The molecule has 1 aromatic rings. The van der Waals surface area contributed by atoms with Crippen LogP contribution in [0.1, 0.15) is 24.8 Å². The van der Waals surface area contributed by atoms with Gasteiger partial charge in [0.1, 0.15) is 0 Å². The lowest BCUT2D eigenvalue weighted by atomic mass is 10.0. The maximum absolute atomic E-state index is 12.2. The van der Waals surface area contributed by atoms with Gasteiger partial charge in [0.05, 0.1) is 6.04 Å². The molecule has 2 rings (SSSR count). The molecule has 92 valence electrons. The van der Waals surface area contributed by atoms with Gasteiger partial charge in [-0.1, -0.05) is 36.8 Å². The monoisotopic (exact) mass is 232 g/mol. The molecule has 1 unspecified atom stereocenters. The Morgan fingerprint density at radius 2 is 2.12 bits per heavy atom. The summed E-state index contributed by atoms with van der Waals surface area (Å²) in [5, 5.41) is 3.29. The third-order valence-corrected chi connectivity index (χ3v) is 3.25. The first-order valence-electron chi connectivity index (χ1n) is 6.29. The Labute approximate surface area is 103 Å². The summed E-state index contributed by atoms with van der Waals surface area (Å²) in [6.45, 7) is 1.66. The molecule has 1 fully saturated rings. The van der Waals surface area contributed by atoms with E-state index in [0.29, 0.717) is 6.54 Å². The Kier molecular flexibility index (Phi) is 4.15. The van der Waals surface area contributed by atoms with Crippen molar-refractivity contribution in [2.45, 2.75) is 31.8 Å². The number of carbonyl (C=O) groups is 1. The minimum Gasteiger partial charge on any atom is -0.340 e. The average molecular weight is 232 g/mol. The van der Waals surface area contributed by atoms with Gasteiger partial charge in [-0.15, -0.1) is 0 Å². The van der Waals surface area contributed by atoms with Gasteiger partial charge in [-0.2, -0.15) is 0 Å². The van der Waals surface area contributed by atoms with Gasteiger partial charge in [-0.25, -0.2) is 0 Å². The second-order valence-electron chi connectivity index (χ2n) is 4.68. The molecule has 3 nitrogen and oxygen atoms in total. The molecule has 1 aliphatic rings. The molecule has 1 saturated heterocycles.